The second-order valence-corrected chi connectivity index (χ2v) is 6.46. The van der Waals surface area contributed by atoms with Crippen molar-refractivity contribution in [2.24, 2.45) is 7.05 Å². The number of ether oxygens (including phenoxy) is 2. The van der Waals surface area contributed by atoms with E-state index in [-0.39, 0.29) is 24.7 Å². The fourth-order valence-corrected chi connectivity index (χ4v) is 3.14. The minimum Gasteiger partial charge on any atom is -0.454 e. The molecule has 6 nitrogen and oxygen atoms in total. The van der Waals surface area contributed by atoms with Gasteiger partial charge in [0, 0.05) is 29.4 Å². The van der Waals surface area contributed by atoms with Crippen LogP contribution in [0.2, 0.25) is 5.02 Å². The molecule has 1 aliphatic rings. The van der Waals surface area contributed by atoms with Gasteiger partial charge in [-0.3, -0.25) is 10.2 Å². The third-order valence-corrected chi connectivity index (χ3v) is 4.59. The lowest BCUT2D eigenvalue weighted by atomic mass is 10.1. The second-order valence-electron chi connectivity index (χ2n) is 6.03. The number of imidazole rings is 1. The molecule has 0 fully saturated rings. The van der Waals surface area contributed by atoms with E-state index in [0.717, 1.165) is 11.3 Å². The van der Waals surface area contributed by atoms with Crippen molar-refractivity contribution in [3.05, 3.63) is 64.9 Å². The number of halogens is 1. The number of nitrogens with zero attached hydrogens (tertiary/aromatic N) is 2. The number of rotatable bonds is 4. The zero-order valence-corrected chi connectivity index (χ0v) is 14.8. The molecule has 1 N–H and O–H groups in total. The Hall–Kier alpha value is -2.99. The molecule has 0 amide bonds. The molecular formula is C19H16ClN3O3. The van der Waals surface area contributed by atoms with Gasteiger partial charge in [-0.05, 0) is 30.3 Å². The van der Waals surface area contributed by atoms with Gasteiger partial charge in [-0.25, -0.2) is 0 Å². The van der Waals surface area contributed by atoms with Gasteiger partial charge in [0.25, 0.3) is 0 Å². The standard InChI is InChI=1S/C19H16ClN3O3/c1-22-15(12-3-2-4-14(20)7-12)9-23(19(22)21)10-16(24)13-5-6-17-18(8-13)26-11-25-17/h2-9,21H,10-11H2,1H3. The highest BCUT2D eigenvalue weighted by atomic mass is 35.5. The third kappa shape index (κ3) is 2.88. The molecule has 3 aromatic rings. The van der Waals surface area contributed by atoms with Crippen LogP contribution in [0, 0.1) is 5.41 Å². The number of hydrogen-bond acceptors (Lipinski definition) is 4. The predicted molar refractivity (Wildman–Crippen MR) is 96.6 cm³/mol. The molecule has 1 aliphatic heterocycles. The quantitative estimate of drug-likeness (QED) is 0.718. The summed E-state index contributed by atoms with van der Waals surface area (Å²) in [6, 6.07) is 12.5. The average molecular weight is 370 g/mol. The minimum absolute atomic E-state index is 0.0624. The summed E-state index contributed by atoms with van der Waals surface area (Å²) >= 11 is 6.07. The lowest BCUT2D eigenvalue weighted by Gasteiger charge is -2.04. The van der Waals surface area contributed by atoms with Crippen LogP contribution in [0.25, 0.3) is 11.3 Å². The number of ketones is 1. The SMILES string of the molecule is Cn1c(-c2cccc(Cl)c2)cn(CC(=O)c2ccc3c(c2)OCO3)c1=N. The van der Waals surface area contributed by atoms with Crippen LogP contribution >= 0.6 is 11.6 Å². The summed E-state index contributed by atoms with van der Waals surface area (Å²) in [4.78, 5) is 12.6. The van der Waals surface area contributed by atoms with Crippen molar-refractivity contribution in [2.45, 2.75) is 6.54 Å². The molecule has 2 aromatic carbocycles. The molecule has 0 atom stereocenters. The van der Waals surface area contributed by atoms with Gasteiger partial charge in [0.05, 0.1) is 12.2 Å². The molecule has 7 heteroatoms. The molecule has 0 spiro atoms. The summed E-state index contributed by atoms with van der Waals surface area (Å²) in [7, 11) is 1.79. The van der Waals surface area contributed by atoms with Crippen molar-refractivity contribution in [3.8, 4) is 22.8 Å². The van der Waals surface area contributed by atoms with Crippen LogP contribution in [0.15, 0.2) is 48.7 Å². The summed E-state index contributed by atoms with van der Waals surface area (Å²) in [6.07, 6.45) is 1.79. The molecule has 0 saturated carbocycles. The van der Waals surface area contributed by atoms with E-state index in [9.17, 15) is 4.79 Å². The van der Waals surface area contributed by atoms with E-state index < -0.39 is 0 Å². The van der Waals surface area contributed by atoms with Crippen molar-refractivity contribution in [1.82, 2.24) is 9.13 Å². The zero-order valence-electron chi connectivity index (χ0n) is 14.0. The first-order chi connectivity index (χ1) is 12.5. The maximum absolute atomic E-state index is 12.6. The average Bonchev–Trinajstić information content (AvgIpc) is 3.21. The van der Waals surface area contributed by atoms with E-state index in [4.69, 9.17) is 26.5 Å². The fourth-order valence-electron chi connectivity index (χ4n) is 2.95. The van der Waals surface area contributed by atoms with Crippen LogP contribution in [0.4, 0.5) is 0 Å². The third-order valence-electron chi connectivity index (χ3n) is 4.36. The van der Waals surface area contributed by atoms with Crippen molar-refractivity contribution >= 4 is 17.4 Å². The first-order valence-electron chi connectivity index (χ1n) is 8.02. The molecule has 1 aromatic heterocycles. The molecule has 4 rings (SSSR count). The minimum atomic E-state index is -0.106. The van der Waals surface area contributed by atoms with Crippen molar-refractivity contribution < 1.29 is 14.3 Å². The van der Waals surface area contributed by atoms with Gasteiger partial charge >= 0.3 is 0 Å². The molecule has 0 aliphatic carbocycles. The number of aromatic nitrogens is 2. The number of carbonyl (C=O) groups excluding carboxylic acids is 1. The first-order valence-corrected chi connectivity index (χ1v) is 8.40. The summed E-state index contributed by atoms with van der Waals surface area (Å²) in [6.45, 7) is 0.229. The number of nitrogens with one attached hydrogen (secondary N) is 1. The molecule has 0 bridgehead atoms. The van der Waals surface area contributed by atoms with Crippen molar-refractivity contribution in [1.29, 1.82) is 5.41 Å². The number of hydrogen-bond donors (Lipinski definition) is 1. The van der Waals surface area contributed by atoms with Gasteiger partial charge in [-0.15, -0.1) is 0 Å². The molecule has 0 saturated heterocycles. The lowest BCUT2D eigenvalue weighted by molar-refractivity contribution is 0.0969. The van der Waals surface area contributed by atoms with Gasteiger partial charge < -0.3 is 18.6 Å². The van der Waals surface area contributed by atoms with E-state index >= 15 is 0 Å². The van der Waals surface area contributed by atoms with E-state index in [0.29, 0.717) is 22.1 Å². The van der Waals surface area contributed by atoms with Crippen molar-refractivity contribution in [2.75, 3.05) is 6.79 Å². The highest BCUT2D eigenvalue weighted by molar-refractivity contribution is 6.30. The Balaban J connectivity index is 1.64. The van der Waals surface area contributed by atoms with Gasteiger partial charge in [0.1, 0.15) is 0 Å². The second kappa shape index (κ2) is 6.38. The fraction of sp³-hybridized carbons (Fsp3) is 0.158. The Kier molecular flexibility index (Phi) is 4.05. The lowest BCUT2D eigenvalue weighted by Crippen LogP contribution is -2.25. The Morgan fingerprint density at radius 1 is 1.19 bits per heavy atom. The Bertz CT molecular complexity index is 1070. The van der Waals surface area contributed by atoms with Crippen LogP contribution in [0.5, 0.6) is 11.5 Å². The Morgan fingerprint density at radius 3 is 2.81 bits per heavy atom. The molecule has 132 valence electrons. The maximum Gasteiger partial charge on any atom is 0.231 e. The summed E-state index contributed by atoms with van der Waals surface area (Å²) < 4.78 is 13.9. The molecule has 0 unspecified atom stereocenters. The molecule has 2 heterocycles. The zero-order chi connectivity index (χ0) is 18.3. The van der Waals surface area contributed by atoms with Crippen LogP contribution in [0.1, 0.15) is 10.4 Å². The van der Waals surface area contributed by atoms with E-state index in [2.05, 4.69) is 0 Å². The van der Waals surface area contributed by atoms with Crippen LogP contribution in [0.3, 0.4) is 0 Å². The highest BCUT2D eigenvalue weighted by Gasteiger charge is 2.17. The molecule has 26 heavy (non-hydrogen) atoms. The Labute approximate surface area is 154 Å². The van der Waals surface area contributed by atoms with E-state index in [1.54, 1.807) is 46.6 Å². The van der Waals surface area contributed by atoms with E-state index in [1.165, 1.54) is 0 Å². The van der Waals surface area contributed by atoms with Crippen LogP contribution in [-0.2, 0) is 13.6 Å². The number of Topliss-reactive ketones (excluding diaryl/α,β-unsaturated/α-hetero) is 1. The van der Waals surface area contributed by atoms with Crippen molar-refractivity contribution in [3.63, 3.8) is 0 Å². The molecule has 0 radical (unpaired) electrons. The largest absolute Gasteiger partial charge is 0.454 e. The monoisotopic (exact) mass is 369 g/mol. The van der Waals surface area contributed by atoms with Crippen LogP contribution < -0.4 is 15.1 Å². The van der Waals surface area contributed by atoms with E-state index in [1.807, 2.05) is 18.2 Å². The van der Waals surface area contributed by atoms with Crippen LogP contribution in [-0.4, -0.2) is 21.7 Å². The van der Waals surface area contributed by atoms with Gasteiger partial charge in [-0.2, -0.15) is 0 Å². The van der Waals surface area contributed by atoms with Gasteiger partial charge in [0.2, 0.25) is 12.4 Å². The normalized spacial score (nSPS) is 12.4. The number of fused-ring (bicyclic) bond motifs is 1. The van der Waals surface area contributed by atoms with Gasteiger partial charge in [-0.1, -0.05) is 23.7 Å². The number of benzene rings is 2. The topological polar surface area (TPSA) is 69.2 Å². The summed E-state index contributed by atoms with van der Waals surface area (Å²) in [5, 5.41) is 8.92. The first kappa shape index (κ1) is 16.5. The van der Waals surface area contributed by atoms with Gasteiger partial charge in [0.15, 0.2) is 17.3 Å². The number of carbonyl (C=O) groups is 1. The highest BCUT2D eigenvalue weighted by Crippen LogP contribution is 2.32. The summed E-state index contributed by atoms with van der Waals surface area (Å²) in [5.74, 6) is 1.10. The maximum atomic E-state index is 12.6. The Morgan fingerprint density at radius 2 is 2.00 bits per heavy atom. The smallest absolute Gasteiger partial charge is 0.231 e. The molecular weight excluding hydrogens is 354 g/mol. The predicted octanol–water partition coefficient (Wildman–Crippen LogP) is 3.24. The summed E-state index contributed by atoms with van der Waals surface area (Å²) in [5.41, 5.74) is 2.46.